The highest BCUT2D eigenvalue weighted by molar-refractivity contribution is 7.52. The first-order valence-electron chi connectivity index (χ1n) is 19.3. The average molecular weight is 782 g/mol. The van der Waals surface area contributed by atoms with Crippen LogP contribution in [-0.2, 0) is 39.6 Å². The Morgan fingerprint density at radius 2 is 1.56 bits per heavy atom. The second kappa shape index (κ2) is 21.7. The molecule has 2 rings (SSSR count). The van der Waals surface area contributed by atoms with Gasteiger partial charge in [-0.3, -0.25) is 23.7 Å². The molecular weight excluding hydrogens is 713 g/mol. The summed E-state index contributed by atoms with van der Waals surface area (Å²) in [6, 6.07) is 7.24. The number of ketones is 2. The van der Waals surface area contributed by atoms with Crippen molar-refractivity contribution in [2.45, 2.75) is 129 Å². The molecule has 1 aliphatic heterocycles. The third-order valence-corrected chi connectivity index (χ3v) is 12.8. The number of rotatable bonds is 23. The lowest BCUT2D eigenvalue weighted by Gasteiger charge is -2.41. The lowest BCUT2D eigenvalue weighted by Crippen LogP contribution is -2.54. The number of aliphatic hydroxyl groups is 1. The number of hydrogen-bond donors (Lipinski definition) is 4. The highest BCUT2D eigenvalue weighted by atomic mass is 31.2. The van der Waals surface area contributed by atoms with Gasteiger partial charge in [0, 0.05) is 52.5 Å². The Morgan fingerprint density at radius 3 is 2.04 bits per heavy atom. The highest BCUT2D eigenvalue weighted by Gasteiger charge is 2.46. The molecule has 4 N–H and O–H groups in total. The summed E-state index contributed by atoms with van der Waals surface area (Å²) in [4.78, 5) is 78.8. The number of aliphatic hydroxyl groups excluding tert-OH is 1. The van der Waals surface area contributed by atoms with E-state index in [1.54, 1.807) is 56.3 Å². The zero-order valence-electron chi connectivity index (χ0n) is 34.3. The molecule has 0 aliphatic carbocycles. The number of hydrogen-bond acceptors (Lipinski definition) is 9. The van der Waals surface area contributed by atoms with Crippen molar-refractivity contribution in [1.82, 2.24) is 15.1 Å². The molecule has 2 amide bonds. The number of carbonyl (C=O) groups is 4. The van der Waals surface area contributed by atoms with Crippen LogP contribution in [0.15, 0.2) is 30.3 Å². The van der Waals surface area contributed by atoms with Crippen LogP contribution in [0, 0.1) is 29.6 Å². The molecule has 0 bridgehead atoms. The molecule has 1 fully saturated rings. The van der Waals surface area contributed by atoms with Crippen molar-refractivity contribution in [3.8, 4) is 0 Å². The summed E-state index contributed by atoms with van der Waals surface area (Å²) in [6.45, 7) is 13.4. The topological polar surface area (TPSA) is 183 Å². The number of ether oxygens (including phenoxy) is 2. The fraction of sp³-hybridized carbons (Fsp3) is 0.750. The van der Waals surface area contributed by atoms with Gasteiger partial charge in [-0.1, -0.05) is 85.2 Å². The minimum absolute atomic E-state index is 0.00258. The molecule has 1 saturated heterocycles. The summed E-state index contributed by atoms with van der Waals surface area (Å²) in [5.41, 5.74) is -0.532. The summed E-state index contributed by atoms with van der Waals surface area (Å²) in [5, 5.41) is 13.9. The molecule has 0 aromatic heterocycles. The van der Waals surface area contributed by atoms with Gasteiger partial charge < -0.3 is 39.5 Å². The maximum atomic E-state index is 14.2. The van der Waals surface area contributed by atoms with Crippen molar-refractivity contribution in [2.24, 2.45) is 29.6 Å². The van der Waals surface area contributed by atoms with E-state index in [9.17, 15) is 38.6 Å². The van der Waals surface area contributed by atoms with Crippen molar-refractivity contribution < 1.29 is 48.1 Å². The summed E-state index contributed by atoms with van der Waals surface area (Å²) < 4.78 is 24.3. The third-order valence-electron chi connectivity index (χ3n) is 11.5. The number of benzene rings is 1. The van der Waals surface area contributed by atoms with E-state index in [1.807, 2.05) is 41.5 Å². The number of methoxy groups -OCH3 is 2. The molecule has 1 aliphatic rings. The molecule has 0 unspecified atom stereocenters. The Morgan fingerprint density at radius 1 is 0.944 bits per heavy atom. The Hall–Kier alpha value is -2.51. The molecule has 0 radical (unpaired) electrons. The lowest BCUT2D eigenvalue weighted by molar-refractivity contribution is -0.149. The second-order valence-electron chi connectivity index (χ2n) is 15.9. The SMILES string of the molecule is CC[C@H](C)[C@@H]([C@@H](CC(=O)N1C[C@H](O)C[C@H]1[C@H](OC)[C@@H](C)C(=O)C[C@@H](Cc1ccccc1)P(=O)(O)O)OC)N(C)C(=O)[C@@H](CC(=O)[C@@H](NC)C(C)C)C(C)C. The lowest BCUT2D eigenvalue weighted by atomic mass is 9.84. The van der Waals surface area contributed by atoms with Crippen LogP contribution in [0.5, 0.6) is 0 Å². The molecule has 13 nitrogen and oxygen atoms in total. The number of amides is 2. The average Bonchev–Trinajstić information content (AvgIpc) is 3.50. The van der Waals surface area contributed by atoms with Gasteiger partial charge in [0.25, 0.3) is 0 Å². The predicted octanol–water partition coefficient (Wildman–Crippen LogP) is 4.10. The van der Waals surface area contributed by atoms with Gasteiger partial charge in [-0.05, 0) is 43.2 Å². The number of nitrogens with zero attached hydrogens (tertiary/aromatic N) is 2. The van der Waals surface area contributed by atoms with Crippen LogP contribution in [0.25, 0.3) is 0 Å². The first-order valence-corrected chi connectivity index (χ1v) is 21.0. The van der Waals surface area contributed by atoms with E-state index in [2.05, 4.69) is 5.32 Å². The van der Waals surface area contributed by atoms with Crippen LogP contribution in [-0.4, -0.2) is 125 Å². The minimum atomic E-state index is -4.65. The van der Waals surface area contributed by atoms with E-state index >= 15 is 0 Å². The van der Waals surface area contributed by atoms with Crippen LogP contribution in [0.2, 0.25) is 0 Å². The van der Waals surface area contributed by atoms with Gasteiger partial charge in [-0.2, -0.15) is 0 Å². The van der Waals surface area contributed by atoms with E-state index in [0.29, 0.717) is 12.0 Å². The Bertz CT molecular complexity index is 1410. The first-order chi connectivity index (χ1) is 25.2. The molecule has 54 heavy (non-hydrogen) atoms. The van der Waals surface area contributed by atoms with Crippen LogP contribution >= 0.6 is 7.60 Å². The molecule has 14 heteroatoms. The summed E-state index contributed by atoms with van der Waals surface area (Å²) in [5.74, 6) is -2.56. The third kappa shape index (κ3) is 12.8. The normalized spacial score (nSPS) is 20.9. The molecule has 308 valence electrons. The van der Waals surface area contributed by atoms with Gasteiger partial charge >= 0.3 is 7.60 Å². The molecule has 1 aromatic rings. The van der Waals surface area contributed by atoms with E-state index in [4.69, 9.17) is 9.47 Å². The fourth-order valence-corrected chi connectivity index (χ4v) is 8.90. The predicted molar refractivity (Wildman–Crippen MR) is 209 cm³/mol. The number of nitrogens with one attached hydrogen (secondary N) is 1. The van der Waals surface area contributed by atoms with Gasteiger partial charge in [0.05, 0.1) is 48.5 Å². The standard InChI is InChI=1S/C40H68N3O10P/c1-12-26(6)38(42(9)40(48)31(24(2)3)21-34(46)37(41-8)25(4)5)35(52-10)22-36(47)43-23-29(44)19-32(43)39(53-11)27(7)33(45)20-30(54(49,50)51)18-28-16-14-13-15-17-28/h13-17,24-27,29-32,35,37-39,41,44H,12,18-23H2,1-11H3,(H2,49,50,51)/t26-,27-,29+,30+,31-,32-,35+,37-,38-,39+/m0/s1. The van der Waals surface area contributed by atoms with Gasteiger partial charge in [0.15, 0.2) is 5.78 Å². The molecule has 1 aromatic carbocycles. The van der Waals surface area contributed by atoms with Gasteiger partial charge in [0.2, 0.25) is 11.8 Å². The van der Waals surface area contributed by atoms with Crippen molar-refractivity contribution in [1.29, 1.82) is 0 Å². The van der Waals surface area contributed by atoms with E-state index in [1.165, 1.54) is 19.1 Å². The summed E-state index contributed by atoms with van der Waals surface area (Å²) >= 11 is 0. The van der Waals surface area contributed by atoms with Crippen molar-refractivity contribution in [2.75, 3.05) is 34.9 Å². The Kier molecular flexibility index (Phi) is 19.1. The molecular formula is C40H68N3O10P. The van der Waals surface area contributed by atoms with Crippen LogP contribution in [0.3, 0.4) is 0 Å². The van der Waals surface area contributed by atoms with Gasteiger partial charge in [0.1, 0.15) is 5.78 Å². The van der Waals surface area contributed by atoms with Crippen molar-refractivity contribution in [3.63, 3.8) is 0 Å². The number of β-amino-alcohol motifs (C(OH)–C–C–N with tert-alkyl or cyclic N) is 1. The molecule has 0 spiro atoms. The Balaban J connectivity index is 2.33. The maximum Gasteiger partial charge on any atom is 0.329 e. The smallest absolute Gasteiger partial charge is 0.329 e. The van der Waals surface area contributed by atoms with Crippen molar-refractivity contribution >= 4 is 31.0 Å². The van der Waals surface area contributed by atoms with Gasteiger partial charge in [-0.15, -0.1) is 0 Å². The summed E-state index contributed by atoms with van der Waals surface area (Å²) in [7, 11) is 1.71. The maximum absolute atomic E-state index is 14.2. The fourth-order valence-electron chi connectivity index (χ4n) is 8.03. The van der Waals surface area contributed by atoms with Crippen molar-refractivity contribution in [3.05, 3.63) is 35.9 Å². The minimum Gasteiger partial charge on any atom is -0.391 e. The first kappa shape index (κ1) is 47.6. The summed E-state index contributed by atoms with van der Waals surface area (Å²) in [6.07, 6.45) is -2.05. The monoisotopic (exact) mass is 781 g/mol. The molecule has 10 atom stereocenters. The van der Waals surface area contributed by atoms with Crippen LogP contribution in [0.1, 0.15) is 86.1 Å². The Labute approximate surface area is 323 Å². The largest absolute Gasteiger partial charge is 0.391 e. The zero-order chi connectivity index (χ0) is 41.1. The van der Waals surface area contributed by atoms with Crippen LogP contribution in [0.4, 0.5) is 0 Å². The number of carbonyl (C=O) groups excluding carboxylic acids is 4. The quantitative estimate of drug-likeness (QED) is 0.117. The van der Waals surface area contributed by atoms with E-state index < -0.39 is 61.3 Å². The highest BCUT2D eigenvalue weighted by Crippen LogP contribution is 2.45. The van der Waals surface area contributed by atoms with Crippen LogP contribution < -0.4 is 5.32 Å². The van der Waals surface area contributed by atoms with E-state index in [-0.39, 0.29) is 80.0 Å². The number of likely N-dealkylation sites (tertiary alicyclic amines) is 1. The second-order valence-corrected chi connectivity index (χ2v) is 17.8. The molecule has 1 heterocycles. The molecule has 0 saturated carbocycles. The number of likely N-dealkylation sites (N-methyl/N-ethyl adjacent to an activating group) is 2. The van der Waals surface area contributed by atoms with E-state index in [0.717, 1.165) is 0 Å². The van der Waals surface area contributed by atoms with Gasteiger partial charge in [-0.25, -0.2) is 0 Å². The number of Topliss-reactive ketones (excluding diaryl/α,β-unsaturated/α-hetero) is 2. The zero-order valence-corrected chi connectivity index (χ0v) is 35.2.